The molecule has 2 aromatic carbocycles. The molecule has 2 heterocycles. The van der Waals surface area contributed by atoms with Crippen molar-refractivity contribution in [1.29, 1.82) is 0 Å². The predicted molar refractivity (Wildman–Crippen MR) is 106 cm³/mol. The maximum Gasteiger partial charge on any atom is 0.260 e. The lowest BCUT2D eigenvalue weighted by molar-refractivity contribution is -0.134. The normalized spacial score (nSPS) is 13.1. The van der Waals surface area contributed by atoms with Crippen LogP contribution in [0.5, 0.6) is 5.75 Å². The zero-order valence-corrected chi connectivity index (χ0v) is 16.1. The molecule has 4 rings (SSSR count). The number of aromatic nitrogens is 2. The van der Waals surface area contributed by atoms with Gasteiger partial charge in [0.15, 0.2) is 6.61 Å². The molecule has 29 heavy (non-hydrogen) atoms. The Morgan fingerprint density at radius 2 is 1.97 bits per heavy atom. The fourth-order valence-corrected chi connectivity index (χ4v) is 3.31. The molecule has 1 aliphatic heterocycles. The minimum Gasteiger partial charge on any atom is -0.484 e. The fourth-order valence-electron chi connectivity index (χ4n) is 3.19. The van der Waals surface area contributed by atoms with Crippen molar-refractivity contribution < 1.29 is 13.9 Å². The number of aromatic amines is 1. The maximum absolute atomic E-state index is 14.0. The molecule has 148 valence electrons. The lowest BCUT2D eigenvalue weighted by atomic mass is 10.1. The van der Waals surface area contributed by atoms with Gasteiger partial charge in [0, 0.05) is 18.0 Å². The van der Waals surface area contributed by atoms with E-state index in [-0.39, 0.29) is 36.0 Å². The van der Waals surface area contributed by atoms with Crippen molar-refractivity contribution in [3.05, 3.63) is 81.0 Å². The molecule has 0 saturated heterocycles. The number of hydrogen-bond acceptors (Lipinski definition) is 4. The molecule has 8 heteroatoms. The monoisotopic (exact) mass is 413 g/mol. The molecular formula is C21H17ClFN3O3. The number of H-pyrrole nitrogens is 1. The van der Waals surface area contributed by atoms with Crippen LogP contribution in [0, 0.1) is 5.82 Å². The number of benzene rings is 2. The summed E-state index contributed by atoms with van der Waals surface area (Å²) in [7, 11) is 0. The molecule has 0 spiro atoms. The van der Waals surface area contributed by atoms with Gasteiger partial charge in [0.25, 0.3) is 11.5 Å². The highest BCUT2D eigenvalue weighted by Crippen LogP contribution is 2.21. The summed E-state index contributed by atoms with van der Waals surface area (Å²) in [6.45, 7) is 0.399. The van der Waals surface area contributed by atoms with Crippen molar-refractivity contribution in [3.63, 3.8) is 0 Å². The molecule has 1 amide bonds. The number of hydrogen-bond donors (Lipinski definition) is 1. The molecule has 0 fully saturated rings. The first-order chi connectivity index (χ1) is 14.0. The van der Waals surface area contributed by atoms with Crippen LogP contribution in [0.3, 0.4) is 0 Å². The highest BCUT2D eigenvalue weighted by atomic mass is 35.5. The molecule has 0 unspecified atom stereocenters. The number of ether oxygens (including phenoxy) is 1. The SMILES string of the molecule is O=C(COc1ccc(Cl)cc1)N1CCc2nc(-c3ccccc3F)[nH]c(=O)c2C1. The average molecular weight is 414 g/mol. The summed E-state index contributed by atoms with van der Waals surface area (Å²) < 4.78 is 19.5. The van der Waals surface area contributed by atoms with Gasteiger partial charge in [0.05, 0.1) is 23.4 Å². The maximum atomic E-state index is 14.0. The van der Waals surface area contributed by atoms with Crippen LogP contribution in [0.15, 0.2) is 53.3 Å². The van der Waals surface area contributed by atoms with Gasteiger partial charge in [-0.1, -0.05) is 23.7 Å². The Hall–Kier alpha value is -3.19. The van der Waals surface area contributed by atoms with E-state index in [2.05, 4.69) is 9.97 Å². The van der Waals surface area contributed by atoms with E-state index < -0.39 is 5.82 Å². The van der Waals surface area contributed by atoms with E-state index in [9.17, 15) is 14.0 Å². The van der Waals surface area contributed by atoms with Crippen molar-refractivity contribution in [1.82, 2.24) is 14.9 Å². The minimum absolute atomic E-state index is 0.137. The Morgan fingerprint density at radius 3 is 2.72 bits per heavy atom. The van der Waals surface area contributed by atoms with Gasteiger partial charge in [-0.05, 0) is 36.4 Å². The van der Waals surface area contributed by atoms with Crippen LogP contribution >= 0.6 is 11.6 Å². The van der Waals surface area contributed by atoms with Crippen LogP contribution in [0.4, 0.5) is 4.39 Å². The lowest BCUT2D eigenvalue weighted by Crippen LogP contribution is -2.41. The predicted octanol–water partition coefficient (Wildman–Crippen LogP) is 3.19. The number of carbonyl (C=O) groups excluding carboxylic acids is 1. The van der Waals surface area contributed by atoms with Gasteiger partial charge in [0.1, 0.15) is 17.4 Å². The van der Waals surface area contributed by atoms with E-state index in [1.54, 1.807) is 47.4 Å². The molecule has 0 atom stereocenters. The van der Waals surface area contributed by atoms with Crippen LogP contribution in [0.1, 0.15) is 11.3 Å². The van der Waals surface area contributed by atoms with E-state index in [4.69, 9.17) is 16.3 Å². The second kappa shape index (κ2) is 8.05. The molecule has 3 aromatic rings. The van der Waals surface area contributed by atoms with Gasteiger partial charge in [-0.25, -0.2) is 9.37 Å². The van der Waals surface area contributed by atoms with Crippen molar-refractivity contribution >= 4 is 17.5 Å². The largest absolute Gasteiger partial charge is 0.484 e. The van der Waals surface area contributed by atoms with Gasteiger partial charge in [-0.3, -0.25) is 9.59 Å². The Morgan fingerprint density at radius 1 is 1.21 bits per heavy atom. The quantitative estimate of drug-likeness (QED) is 0.712. The van der Waals surface area contributed by atoms with Crippen LogP contribution in [0.2, 0.25) is 5.02 Å². The lowest BCUT2D eigenvalue weighted by Gasteiger charge is -2.27. The van der Waals surface area contributed by atoms with Gasteiger partial charge >= 0.3 is 0 Å². The second-order valence-electron chi connectivity index (χ2n) is 6.63. The first-order valence-corrected chi connectivity index (χ1v) is 9.42. The standard InChI is InChI=1S/C21H17ClFN3O3/c22-13-5-7-14(8-6-13)29-12-19(27)26-10-9-18-16(11-26)21(28)25-20(24-18)15-3-1-2-4-17(15)23/h1-8H,9-12H2,(H,24,25,28). The highest BCUT2D eigenvalue weighted by Gasteiger charge is 2.25. The van der Waals surface area contributed by atoms with Crippen LogP contribution in [-0.2, 0) is 17.8 Å². The Bertz CT molecular complexity index is 1110. The summed E-state index contributed by atoms with van der Waals surface area (Å²) in [4.78, 5) is 33.6. The number of nitrogens with one attached hydrogen (secondary N) is 1. The first kappa shape index (κ1) is 19.1. The van der Waals surface area contributed by atoms with Crippen molar-refractivity contribution in [2.75, 3.05) is 13.2 Å². The third-order valence-corrected chi connectivity index (χ3v) is 4.98. The van der Waals surface area contributed by atoms with Crippen LogP contribution in [0.25, 0.3) is 11.4 Å². The first-order valence-electron chi connectivity index (χ1n) is 9.04. The van der Waals surface area contributed by atoms with E-state index in [0.717, 1.165) is 0 Å². The number of carbonyl (C=O) groups is 1. The van der Waals surface area contributed by atoms with Gasteiger partial charge < -0.3 is 14.6 Å². The molecule has 1 N–H and O–H groups in total. The van der Waals surface area contributed by atoms with E-state index in [1.807, 2.05) is 0 Å². The summed E-state index contributed by atoms with van der Waals surface area (Å²) >= 11 is 5.83. The molecule has 0 radical (unpaired) electrons. The number of amides is 1. The van der Waals surface area contributed by atoms with E-state index in [1.165, 1.54) is 6.07 Å². The van der Waals surface area contributed by atoms with Gasteiger partial charge in [-0.2, -0.15) is 0 Å². The van der Waals surface area contributed by atoms with Crippen molar-refractivity contribution in [2.45, 2.75) is 13.0 Å². The summed E-state index contributed by atoms with van der Waals surface area (Å²) in [6, 6.07) is 12.8. The molecular weight excluding hydrogens is 397 g/mol. The molecule has 1 aromatic heterocycles. The smallest absolute Gasteiger partial charge is 0.260 e. The molecule has 0 aliphatic carbocycles. The Labute approximate surface area is 170 Å². The summed E-state index contributed by atoms with van der Waals surface area (Å²) in [6.07, 6.45) is 0.410. The minimum atomic E-state index is -0.456. The average Bonchev–Trinajstić information content (AvgIpc) is 2.73. The second-order valence-corrected chi connectivity index (χ2v) is 7.06. The number of nitrogens with zero attached hydrogens (tertiary/aromatic N) is 2. The van der Waals surface area contributed by atoms with Crippen LogP contribution < -0.4 is 10.3 Å². The molecule has 0 saturated carbocycles. The fraction of sp³-hybridized carbons (Fsp3) is 0.190. The highest BCUT2D eigenvalue weighted by molar-refractivity contribution is 6.30. The number of rotatable bonds is 4. The Kier molecular flexibility index (Phi) is 5.31. The van der Waals surface area contributed by atoms with Crippen molar-refractivity contribution in [2.24, 2.45) is 0 Å². The zero-order chi connectivity index (χ0) is 20.4. The summed E-state index contributed by atoms with van der Waals surface area (Å²) in [5, 5.41) is 0.581. The summed E-state index contributed by atoms with van der Waals surface area (Å²) in [5.41, 5.74) is 0.859. The van der Waals surface area contributed by atoms with Gasteiger partial charge in [-0.15, -0.1) is 0 Å². The molecule has 6 nitrogen and oxygen atoms in total. The number of fused-ring (bicyclic) bond motifs is 1. The van der Waals surface area contributed by atoms with Crippen molar-refractivity contribution in [3.8, 4) is 17.1 Å². The number of halogens is 2. The Balaban J connectivity index is 1.48. The third kappa shape index (κ3) is 4.14. The molecule has 1 aliphatic rings. The van der Waals surface area contributed by atoms with Crippen LogP contribution in [-0.4, -0.2) is 33.9 Å². The topological polar surface area (TPSA) is 75.3 Å². The summed E-state index contributed by atoms with van der Waals surface area (Å²) in [5.74, 6) is 0.0395. The van der Waals surface area contributed by atoms with E-state index in [0.29, 0.717) is 35.0 Å². The van der Waals surface area contributed by atoms with Gasteiger partial charge in [0.2, 0.25) is 0 Å². The third-order valence-electron chi connectivity index (χ3n) is 4.73. The zero-order valence-electron chi connectivity index (χ0n) is 15.3. The molecule has 0 bridgehead atoms. The van der Waals surface area contributed by atoms with E-state index >= 15 is 0 Å².